The minimum atomic E-state index is -1.19. The standard InChI is InChI=1S/C44H38O7/c1-44(2,35-15-19-37(20-16-35)50-41-24-14-32(27-34(41)29-49-48)25-30-9-5-3-6-10-30)36-17-21-38(22-18-36)51-43(47)39-23-13-33(28-40(39)42(45)46)26-31-11-7-4-8-12-31/h3-24,27-28,48H,25-26,29H2,1-2H3,(H,45,46). The first kappa shape index (κ1) is 34.8. The summed E-state index contributed by atoms with van der Waals surface area (Å²) < 4.78 is 11.8. The molecule has 7 heteroatoms. The van der Waals surface area contributed by atoms with Crippen molar-refractivity contribution in [3.8, 4) is 17.2 Å². The lowest BCUT2D eigenvalue weighted by molar-refractivity contribution is -0.253. The molecule has 6 aromatic carbocycles. The molecule has 0 unspecified atom stereocenters. The zero-order valence-electron chi connectivity index (χ0n) is 28.4. The van der Waals surface area contributed by atoms with Gasteiger partial charge in [0.05, 0.1) is 11.1 Å². The van der Waals surface area contributed by atoms with E-state index in [1.54, 1.807) is 18.2 Å². The molecule has 0 heterocycles. The Hall–Kier alpha value is -6.02. The highest BCUT2D eigenvalue weighted by Crippen LogP contribution is 2.35. The highest BCUT2D eigenvalue weighted by atomic mass is 17.1. The van der Waals surface area contributed by atoms with Crippen LogP contribution in [0, 0.1) is 0 Å². The van der Waals surface area contributed by atoms with Crippen LogP contribution in [0.4, 0.5) is 0 Å². The number of rotatable bonds is 13. The van der Waals surface area contributed by atoms with E-state index in [2.05, 4.69) is 30.9 Å². The monoisotopic (exact) mass is 678 g/mol. The van der Waals surface area contributed by atoms with Crippen LogP contribution >= 0.6 is 0 Å². The molecule has 6 aromatic rings. The van der Waals surface area contributed by atoms with Gasteiger partial charge in [0.2, 0.25) is 0 Å². The predicted molar refractivity (Wildman–Crippen MR) is 196 cm³/mol. The maximum Gasteiger partial charge on any atom is 0.344 e. The van der Waals surface area contributed by atoms with Crippen molar-refractivity contribution in [3.05, 3.63) is 196 Å². The zero-order valence-corrected chi connectivity index (χ0v) is 28.4. The van der Waals surface area contributed by atoms with Crippen LogP contribution in [0.2, 0.25) is 0 Å². The molecule has 0 aliphatic rings. The number of benzene rings is 6. The van der Waals surface area contributed by atoms with Gasteiger partial charge in [0.15, 0.2) is 0 Å². The molecule has 6 rings (SSSR count). The molecule has 0 bridgehead atoms. The third kappa shape index (κ3) is 8.59. The first-order valence-electron chi connectivity index (χ1n) is 16.6. The second-order valence-corrected chi connectivity index (χ2v) is 12.9. The molecule has 51 heavy (non-hydrogen) atoms. The first-order valence-corrected chi connectivity index (χ1v) is 16.6. The van der Waals surface area contributed by atoms with E-state index in [0.717, 1.165) is 39.8 Å². The third-order valence-corrected chi connectivity index (χ3v) is 8.97. The van der Waals surface area contributed by atoms with Gasteiger partial charge < -0.3 is 14.6 Å². The molecule has 0 saturated heterocycles. The van der Waals surface area contributed by atoms with E-state index in [1.807, 2.05) is 103 Å². The zero-order chi connectivity index (χ0) is 35.8. The van der Waals surface area contributed by atoms with Gasteiger partial charge in [-0.1, -0.05) is 111 Å². The second-order valence-electron chi connectivity index (χ2n) is 12.9. The molecule has 256 valence electrons. The summed E-state index contributed by atoms with van der Waals surface area (Å²) in [7, 11) is 0. The van der Waals surface area contributed by atoms with E-state index in [4.69, 9.17) is 9.47 Å². The molecule has 0 aromatic heterocycles. The number of esters is 1. The lowest BCUT2D eigenvalue weighted by atomic mass is 9.78. The van der Waals surface area contributed by atoms with Crippen LogP contribution < -0.4 is 9.47 Å². The summed E-state index contributed by atoms with van der Waals surface area (Å²) in [6.07, 6.45) is 1.30. The smallest absolute Gasteiger partial charge is 0.344 e. The van der Waals surface area contributed by atoms with Crippen LogP contribution in [-0.4, -0.2) is 22.3 Å². The Labute approximate surface area is 297 Å². The Bertz CT molecular complexity index is 2100. The van der Waals surface area contributed by atoms with Crippen LogP contribution in [0.25, 0.3) is 0 Å². The molecule has 0 saturated carbocycles. The average molecular weight is 679 g/mol. The maximum atomic E-state index is 13.1. The van der Waals surface area contributed by atoms with Crippen molar-refractivity contribution in [1.29, 1.82) is 0 Å². The molecule has 2 N–H and O–H groups in total. The van der Waals surface area contributed by atoms with E-state index in [0.29, 0.717) is 23.7 Å². The lowest BCUT2D eigenvalue weighted by Gasteiger charge is -2.26. The fraction of sp³-hybridized carbons (Fsp3) is 0.136. The normalized spacial score (nSPS) is 11.2. The Morgan fingerprint density at radius 2 is 1.12 bits per heavy atom. The van der Waals surface area contributed by atoms with E-state index in [9.17, 15) is 20.0 Å². The van der Waals surface area contributed by atoms with E-state index >= 15 is 0 Å². The van der Waals surface area contributed by atoms with Gasteiger partial charge in [-0.05, 0) is 94.8 Å². The summed E-state index contributed by atoms with van der Waals surface area (Å²) in [6, 6.07) is 45.6. The largest absolute Gasteiger partial charge is 0.478 e. The Balaban J connectivity index is 1.12. The number of aromatic carboxylic acids is 1. The predicted octanol–water partition coefficient (Wildman–Crippen LogP) is 9.89. The van der Waals surface area contributed by atoms with Gasteiger partial charge in [-0.25, -0.2) is 14.5 Å². The molecule has 0 radical (unpaired) electrons. The fourth-order valence-electron chi connectivity index (χ4n) is 6.08. The second kappa shape index (κ2) is 15.7. The van der Waals surface area contributed by atoms with Gasteiger partial charge in [-0.2, -0.15) is 0 Å². The van der Waals surface area contributed by atoms with Crippen LogP contribution in [0.1, 0.15) is 73.5 Å². The van der Waals surface area contributed by atoms with E-state index in [-0.39, 0.29) is 17.7 Å². The van der Waals surface area contributed by atoms with Crippen molar-refractivity contribution in [2.75, 3.05) is 0 Å². The Kier molecular flexibility index (Phi) is 10.7. The maximum absolute atomic E-state index is 13.1. The van der Waals surface area contributed by atoms with Crippen LogP contribution in [0.3, 0.4) is 0 Å². The Morgan fingerprint density at radius 1 is 0.588 bits per heavy atom. The SMILES string of the molecule is CC(C)(c1ccc(OC(=O)c2ccc(Cc3ccccc3)cc2C(=O)O)cc1)c1ccc(Oc2ccc(Cc3ccccc3)cc2COO)cc1. The molecule has 0 aliphatic heterocycles. The molecular weight excluding hydrogens is 640 g/mol. The topological polar surface area (TPSA) is 102 Å². The van der Waals surface area contributed by atoms with E-state index < -0.39 is 17.4 Å². The average Bonchev–Trinajstić information content (AvgIpc) is 3.14. The van der Waals surface area contributed by atoms with Crippen molar-refractivity contribution in [2.45, 2.75) is 38.7 Å². The van der Waals surface area contributed by atoms with Crippen molar-refractivity contribution in [2.24, 2.45) is 0 Å². The lowest BCUT2D eigenvalue weighted by Crippen LogP contribution is -2.19. The van der Waals surface area contributed by atoms with Crippen LogP contribution in [-0.2, 0) is 29.8 Å². The molecule has 0 amide bonds. The van der Waals surface area contributed by atoms with Crippen molar-refractivity contribution in [1.82, 2.24) is 0 Å². The highest BCUT2D eigenvalue weighted by molar-refractivity contribution is 6.03. The molecular formula is C44H38O7. The van der Waals surface area contributed by atoms with Crippen molar-refractivity contribution in [3.63, 3.8) is 0 Å². The minimum absolute atomic E-state index is 0.00383. The molecule has 0 spiro atoms. The molecule has 0 aliphatic carbocycles. The number of carboxylic acids is 1. The number of ether oxygens (including phenoxy) is 2. The quantitative estimate of drug-likeness (QED) is 0.0543. The van der Waals surface area contributed by atoms with Crippen molar-refractivity contribution >= 4 is 11.9 Å². The first-order chi connectivity index (χ1) is 24.7. The van der Waals surface area contributed by atoms with Gasteiger partial charge in [0.1, 0.15) is 23.9 Å². The Morgan fingerprint density at radius 3 is 1.67 bits per heavy atom. The molecule has 0 fully saturated rings. The summed E-state index contributed by atoms with van der Waals surface area (Å²) >= 11 is 0. The summed E-state index contributed by atoms with van der Waals surface area (Å²) in [4.78, 5) is 29.7. The number of carboxylic acid groups (broad SMARTS) is 1. The summed E-state index contributed by atoms with van der Waals surface area (Å²) in [5, 5.41) is 19.1. The van der Waals surface area contributed by atoms with Gasteiger partial charge in [-0.3, -0.25) is 5.26 Å². The van der Waals surface area contributed by atoms with Crippen molar-refractivity contribution < 1.29 is 34.3 Å². The molecule has 0 atom stereocenters. The van der Waals surface area contributed by atoms with Crippen LogP contribution in [0.15, 0.2) is 146 Å². The third-order valence-electron chi connectivity index (χ3n) is 8.97. The highest BCUT2D eigenvalue weighted by Gasteiger charge is 2.24. The van der Waals surface area contributed by atoms with Gasteiger partial charge >= 0.3 is 11.9 Å². The number of hydrogen-bond donors (Lipinski definition) is 2. The fourth-order valence-corrected chi connectivity index (χ4v) is 6.08. The summed E-state index contributed by atoms with van der Waals surface area (Å²) in [6.45, 7) is 4.19. The van der Waals surface area contributed by atoms with Gasteiger partial charge in [0, 0.05) is 11.0 Å². The van der Waals surface area contributed by atoms with Crippen LogP contribution in [0.5, 0.6) is 17.2 Å². The summed E-state index contributed by atoms with van der Waals surface area (Å²) in [5.74, 6) is -0.384. The molecule has 7 nitrogen and oxygen atoms in total. The van der Waals surface area contributed by atoms with Gasteiger partial charge in [-0.15, -0.1) is 0 Å². The number of hydrogen-bond acceptors (Lipinski definition) is 6. The van der Waals surface area contributed by atoms with Gasteiger partial charge in [0.25, 0.3) is 0 Å². The number of carbonyl (C=O) groups is 2. The number of carbonyl (C=O) groups excluding carboxylic acids is 1. The van der Waals surface area contributed by atoms with E-state index in [1.165, 1.54) is 17.7 Å². The minimum Gasteiger partial charge on any atom is -0.478 e. The summed E-state index contributed by atoms with van der Waals surface area (Å²) in [5.41, 5.74) is 6.35.